The van der Waals surface area contributed by atoms with Crippen molar-refractivity contribution < 1.29 is 9.59 Å². The molecule has 0 aromatic heterocycles. The maximum absolute atomic E-state index is 12.1. The van der Waals surface area contributed by atoms with E-state index in [1.54, 1.807) is 13.0 Å². The maximum atomic E-state index is 12.1. The molecular formula is C16H22N2O2. The molecule has 2 rings (SSSR count). The van der Waals surface area contributed by atoms with Crippen LogP contribution in [0.25, 0.3) is 0 Å². The summed E-state index contributed by atoms with van der Waals surface area (Å²) < 4.78 is 0. The van der Waals surface area contributed by atoms with Gasteiger partial charge >= 0.3 is 0 Å². The average molecular weight is 274 g/mol. The van der Waals surface area contributed by atoms with Gasteiger partial charge < -0.3 is 10.6 Å². The minimum absolute atomic E-state index is 0.0992. The monoisotopic (exact) mass is 274 g/mol. The lowest BCUT2D eigenvalue weighted by molar-refractivity contribution is -0.123. The van der Waals surface area contributed by atoms with Gasteiger partial charge in [-0.1, -0.05) is 30.5 Å². The highest BCUT2D eigenvalue weighted by atomic mass is 16.2. The third-order valence-electron chi connectivity index (χ3n) is 3.72. The van der Waals surface area contributed by atoms with Crippen molar-refractivity contribution in [2.24, 2.45) is 0 Å². The summed E-state index contributed by atoms with van der Waals surface area (Å²) in [6.07, 6.45) is 4.44. The van der Waals surface area contributed by atoms with Crippen molar-refractivity contribution in [2.45, 2.75) is 51.6 Å². The molecule has 0 spiro atoms. The van der Waals surface area contributed by atoms with Crippen molar-refractivity contribution >= 4 is 11.8 Å². The number of benzene rings is 1. The quantitative estimate of drug-likeness (QED) is 0.884. The first-order valence-corrected chi connectivity index (χ1v) is 7.24. The lowest BCUT2D eigenvalue weighted by Crippen LogP contribution is -2.47. The second kappa shape index (κ2) is 6.55. The maximum Gasteiger partial charge on any atom is 0.251 e. The van der Waals surface area contributed by atoms with Gasteiger partial charge in [-0.3, -0.25) is 9.59 Å². The summed E-state index contributed by atoms with van der Waals surface area (Å²) >= 11 is 0. The van der Waals surface area contributed by atoms with Gasteiger partial charge in [0.15, 0.2) is 0 Å². The predicted octanol–water partition coefficient (Wildman–Crippen LogP) is 2.17. The number of carbonyl (C=O) groups excluding carboxylic acids is 2. The minimum atomic E-state index is -0.511. The van der Waals surface area contributed by atoms with Gasteiger partial charge in [0.2, 0.25) is 5.91 Å². The lowest BCUT2D eigenvalue weighted by Gasteiger charge is -2.17. The van der Waals surface area contributed by atoms with E-state index >= 15 is 0 Å². The first-order chi connectivity index (χ1) is 9.56. The molecule has 1 aromatic rings. The van der Waals surface area contributed by atoms with Gasteiger partial charge in [0.1, 0.15) is 6.04 Å². The lowest BCUT2D eigenvalue weighted by atomic mass is 10.1. The Hall–Kier alpha value is -1.84. The third kappa shape index (κ3) is 3.83. The van der Waals surface area contributed by atoms with E-state index in [0.717, 1.165) is 18.4 Å². The molecule has 2 amide bonds. The van der Waals surface area contributed by atoms with Crippen LogP contribution < -0.4 is 10.6 Å². The Bertz CT molecular complexity index is 493. The second-order valence-electron chi connectivity index (χ2n) is 5.55. The summed E-state index contributed by atoms with van der Waals surface area (Å²) in [4.78, 5) is 24.1. The number of aryl methyl sites for hydroxylation is 1. The van der Waals surface area contributed by atoms with Crippen LogP contribution in [0.4, 0.5) is 0 Å². The van der Waals surface area contributed by atoms with E-state index in [9.17, 15) is 9.59 Å². The van der Waals surface area contributed by atoms with Gasteiger partial charge in [0, 0.05) is 11.6 Å². The van der Waals surface area contributed by atoms with Gasteiger partial charge in [-0.15, -0.1) is 0 Å². The molecule has 0 heterocycles. The molecule has 0 radical (unpaired) electrons. The van der Waals surface area contributed by atoms with E-state index in [4.69, 9.17) is 0 Å². The van der Waals surface area contributed by atoms with Crippen molar-refractivity contribution in [3.8, 4) is 0 Å². The van der Waals surface area contributed by atoms with Crippen LogP contribution in [-0.2, 0) is 4.79 Å². The SMILES string of the molecule is Cc1cccc(C(=O)NC(C)C(=O)NC2CCCC2)c1. The molecule has 1 aliphatic rings. The van der Waals surface area contributed by atoms with Crippen LogP contribution in [0.15, 0.2) is 24.3 Å². The molecule has 1 aromatic carbocycles. The highest BCUT2D eigenvalue weighted by Gasteiger charge is 2.21. The molecule has 1 fully saturated rings. The summed E-state index contributed by atoms with van der Waals surface area (Å²) in [5.74, 6) is -0.305. The number of hydrogen-bond donors (Lipinski definition) is 2. The fourth-order valence-corrected chi connectivity index (χ4v) is 2.53. The summed E-state index contributed by atoms with van der Waals surface area (Å²) in [5, 5.41) is 5.74. The Balaban J connectivity index is 1.88. The van der Waals surface area contributed by atoms with E-state index in [1.807, 2.05) is 25.1 Å². The van der Waals surface area contributed by atoms with Crippen molar-refractivity contribution in [2.75, 3.05) is 0 Å². The van der Waals surface area contributed by atoms with E-state index in [1.165, 1.54) is 12.8 Å². The number of amides is 2. The number of nitrogens with one attached hydrogen (secondary N) is 2. The molecule has 20 heavy (non-hydrogen) atoms. The van der Waals surface area contributed by atoms with Crippen molar-refractivity contribution in [3.63, 3.8) is 0 Å². The van der Waals surface area contributed by atoms with Crippen LogP contribution in [0.5, 0.6) is 0 Å². The number of carbonyl (C=O) groups is 2. The fraction of sp³-hybridized carbons (Fsp3) is 0.500. The zero-order valence-corrected chi connectivity index (χ0v) is 12.1. The van der Waals surface area contributed by atoms with Gasteiger partial charge in [-0.25, -0.2) is 0 Å². The molecule has 108 valence electrons. The molecular weight excluding hydrogens is 252 g/mol. The molecule has 2 N–H and O–H groups in total. The van der Waals surface area contributed by atoms with Crippen LogP contribution in [0.1, 0.15) is 48.5 Å². The fourth-order valence-electron chi connectivity index (χ4n) is 2.53. The Labute approximate surface area is 119 Å². The Kier molecular flexibility index (Phi) is 4.77. The molecule has 0 saturated heterocycles. The van der Waals surface area contributed by atoms with Crippen LogP contribution in [0, 0.1) is 6.92 Å². The molecule has 4 nitrogen and oxygen atoms in total. The van der Waals surface area contributed by atoms with Crippen molar-refractivity contribution in [1.82, 2.24) is 10.6 Å². The Morgan fingerprint density at radius 3 is 2.60 bits per heavy atom. The standard InChI is InChI=1S/C16H22N2O2/c1-11-6-5-7-13(10-11)16(20)17-12(2)15(19)18-14-8-3-4-9-14/h5-7,10,12,14H,3-4,8-9H2,1-2H3,(H,17,20)(H,18,19). The molecule has 4 heteroatoms. The number of rotatable bonds is 4. The van der Waals surface area contributed by atoms with Crippen LogP contribution in [0.3, 0.4) is 0 Å². The molecule has 1 atom stereocenters. The Morgan fingerprint density at radius 1 is 1.25 bits per heavy atom. The first-order valence-electron chi connectivity index (χ1n) is 7.24. The van der Waals surface area contributed by atoms with Crippen molar-refractivity contribution in [1.29, 1.82) is 0 Å². The predicted molar refractivity (Wildman–Crippen MR) is 78.5 cm³/mol. The molecule has 0 bridgehead atoms. The van der Waals surface area contributed by atoms with E-state index in [-0.39, 0.29) is 17.9 Å². The van der Waals surface area contributed by atoms with E-state index in [2.05, 4.69) is 10.6 Å². The van der Waals surface area contributed by atoms with Crippen molar-refractivity contribution in [3.05, 3.63) is 35.4 Å². The van der Waals surface area contributed by atoms with Gasteiger partial charge in [-0.2, -0.15) is 0 Å². The topological polar surface area (TPSA) is 58.2 Å². The zero-order valence-electron chi connectivity index (χ0n) is 12.1. The van der Waals surface area contributed by atoms with Crippen LogP contribution >= 0.6 is 0 Å². The molecule has 0 aliphatic heterocycles. The smallest absolute Gasteiger partial charge is 0.251 e. The minimum Gasteiger partial charge on any atom is -0.352 e. The van der Waals surface area contributed by atoms with E-state index < -0.39 is 6.04 Å². The van der Waals surface area contributed by atoms with Gasteiger partial charge in [0.25, 0.3) is 5.91 Å². The molecule has 1 aliphatic carbocycles. The third-order valence-corrected chi connectivity index (χ3v) is 3.72. The summed E-state index contributed by atoms with van der Waals surface area (Å²) in [6.45, 7) is 3.66. The van der Waals surface area contributed by atoms with Gasteiger partial charge in [-0.05, 0) is 38.8 Å². The summed E-state index contributed by atoms with van der Waals surface area (Å²) in [7, 11) is 0. The van der Waals surface area contributed by atoms with Gasteiger partial charge in [0.05, 0.1) is 0 Å². The van der Waals surface area contributed by atoms with Crippen LogP contribution in [0.2, 0.25) is 0 Å². The summed E-state index contributed by atoms with van der Waals surface area (Å²) in [6, 6.07) is 7.12. The number of hydrogen-bond acceptors (Lipinski definition) is 2. The Morgan fingerprint density at radius 2 is 1.95 bits per heavy atom. The van der Waals surface area contributed by atoms with E-state index in [0.29, 0.717) is 5.56 Å². The second-order valence-corrected chi connectivity index (χ2v) is 5.55. The molecule has 1 saturated carbocycles. The molecule has 1 unspecified atom stereocenters. The average Bonchev–Trinajstić information content (AvgIpc) is 2.91. The highest BCUT2D eigenvalue weighted by molar-refractivity contribution is 5.97. The normalized spacial score (nSPS) is 16.7. The largest absolute Gasteiger partial charge is 0.352 e. The zero-order chi connectivity index (χ0) is 14.5. The first kappa shape index (κ1) is 14.6. The highest BCUT2D eigenvalue weighted by Crippen LogP contribution is 2.17. The van der Waals surface area contributed by atoms with Crippen LogP contribution in [-0.4, -0.2) is 23.9 Å². The summed E-state index contributed by atoms with van der Waals surface area (Å²) in [5.41, 5.74) is 1.62.